The van der Waals surface area contributed by atoms with E-state index >= 15 is 0 Å². The number of fused-ring (bicyclic) bond motifs is 3. The molecule has 1 aliphatic carbocycles. The summed E-state index contributed by atoms with van der Waals surface area (Å²) >= 11 is 7.77. The molecule has 2 heterocycles. The topological polar surface area (TPSA) is 58.0 Å². The number of nitrogens with one attached hydrogen (secondary N) is 1. The SMILES string of the molecule is OCCCNc1nc(-c2ccc(Cl)cc2)nc2sc3c(c12)CCC3. The molecule has 4 rings (SSSR count). The lowest BCUT2D eigenvalue weighted by Gasteiger charge is -2.10. The average Bonchev–Trinajstić information content (AvgIpc) is 3.16. The van der Waals surface area contributed by atoms with Crippen molar-refractivity contribution in [3.05, 3.63) is 39.7 Å². The lowest BCUT2D eigenvalue weighted by molar-refractivity contribution is 0.292. The number of hydrogen-bond acceptors (Lipinski definition) is 5. The third-order valence-electron chi connectivity index (χ3n) is 4.29. The molecule has 0 saturated heterocycles. The monoisotopic (exact) mass is 359 g/mol. The van der Waals surface area contributed by atoms with Crippen LogP contribution in [0.5, 0.6) is 0 Å². The van der Waals surface area contributed by atoms with Gasteiger partial charge in [0.25, 0.3) is 0 Å². The fourth-order valence-electron chi connectivity index (χ4n) is 3.14. The Bertz CT molecular complexity index is 876. The van der Waals surface area contributed by atoms with Crippen LogP contribution in [-0.4, -0.2) is 28.2 Å². The summed E-state index contributed by atoms with van der Waals surface area (Å²) in [7, 11) is 0. The number of aliphatic hydroxyl groups excluding tert-OH is 1. The smallest absolute Gasteiger partial charge is 0.163 e. The van der Waals surface area contributed by atoms with Crippen LogP contribution in [0, 0.1) is 0 Å². The summed E-state index contributed by atoms with van der Waals surface area (Å²) < 4.78 is 0. The van der Waals surface area contributed by atoms with Crippen molar-refractivity contribution >= 4 is 39.0 Å². The molecule has 1 aromatic carbocycles. The van der Waals surface area contributed by atoms with Gasteiger partial charge >= 0.3 is 0 Å². The highest BCUT2D eigenvalue weighted by Gasteiger charge is 2.22. The fourth-order valence-corrected chi connectivity index (χ4v) is 4.52. The van der Waals surface area contributed by atoms with Gasteiger partial charge in [0.1, 0.15) is 10.6 Å². The van der Waals surface area contributed by atoms with Crippen LogP contribution in [0.2, 0.25) is 5.02 Å². The Balaban J connectivity index is 1.82. The van der Waals surface area contributed by atoms with E-state index in [0.29, 0.717) is 23.8 Å². The molecule has 2 N–H and O–H groups in total. The summed E-state index contributed by atoms with van der Waals surface area (Å²) in [6.45, 7) is 0.875. The zero-order valence-electron chi connectivity index (χ0n) is 13.2. The fraction of sp³-hybridized carbons (Fsp3) is 0.333. The van der Waals surface area contributed by atoms with Crippen molar-refractivity contribution < 1.29 is 5.11 Å². The van der Waals surface area contributed by atoms with E-state index in [9.17, 15) is 0 Å². The highest BCUT2D eigenvalue weighted by atomic mass is 35.5. The predicted octanol–water partition coefficient (Wildman–Crippen LogP) is 4.29. The largest absolute Gasteiger partial charge is 0.396 e. The van der Waals surface area contributed by atoms with E-state index < -0.39 is 0 Å². The van der Waals surface area contributed by atoms with E-state index in [0.717, 1.165) is 29.1 Å². The van der Waals surface area contributed by atoms with Gasteiger partial charge in [-0.2, -0.15) is 0 Å². The maximum absolute atomic E-state index is 9.05. The number of rotatable bonds is 5. The second kappa shape index (κ2) is 6.67. The van der Waals surface area contributed by atoms with Crippen LogP contribution < -0.4 is 5.32 Å². The summed E-state index contributed by atoms with van der Waals surface area (Å²) in [5.41, 5.74) is 2.37. The molecule has 0 fully saturated rings. The van der Waals surface area contributed by atoms with E-state index in [1.54, 1.807) is 11.3 Å². The van der Waals surface area contributed by atoms with Crippen molar-refractivity contribution in [2.45, 2.75) is 25.7 Å². The molecule has 24 heavy (non-hydrogen) atoms. The van der Waals surface area contributed by atoms with Crippen molar-refractivity contribution in [3.63, 3.8) is 0 Å². The predicted molar refractivity (Wildman–Crippen MR) is 100 cm³/mol. The molecule has 1 aliphatic rings. The highest BCUT2D eigenvalue weighted by Crippen LogP contribution is 2.40. The molecule has 6 heteroatoms. The average molecular weight is 360 g/mol. The molecule has 124 valence electrons. The zero-order valence-corrected chi connectivity index (χ0v) is 14.8. The normalized spacial score (nSPS) is 13.4. The minimum atomic E-state index is 0.174. The molecular weight excluding hydrogens is 342 g/mol. The number of hydrogen-bond donors (Lipinski definition) is 2. The number of nitrogens with zero attached hydrogens (tertiary/aromatic N) is 2. The lowest BCUT2D eigenvalue weighted by atomic mass is 10.1. The van der Waals surface area contributed by atoms with E-state index in [4.69, 9.17) is 26.7 Å². The van der Waals surface area contributed by atoms with Crippen LogP contribution in [-0.2, 0) is 12.8 Å². The van der Waals surface area contributed by atoms with Crippen LogP contribution in [0.1, 0.15) is 23.3 Å². The molecule has 3 aromatic rings. The molecule has 0 unspecified atom stereocenters. The summed E-state index contributed by atoms with van der Waals surface area (Å²) in [5, 5.41) is 14.3. The zero-order chi connectivity index (χ0) is 16.5. The summed E-state index contributed by atoms with van der Waals surface area (Å²) in [6.07, 6.45) is 4.16. The summed E-state index contributed by atoms with van der Waals surface area (Å²) in [4.78, 5) is 12.1. The Labute approximate surface area is 149 Å². The maximum atomic E-state index is 9.05. The first kappa shape index (κ1) is 15.8. The minimum absolute atomic E-state index is 0.174. The van der Waals surface area contributed by atoms with E-state index in [1.165, 1.54) is 22.2 Å². The highest BCUT2D eigenvalue weighted by molar-refractivity contribution is 7.19. The Kier molecular flexibility index (Phi) is 4.39. The van der Waals surface area contributed by atoms with E-state index in [-0.39, 0.29) is 6.61 Å². The molecule has 4 nitrogen and oxygen atoms in total. The third kappa shape index (κ3) is 2.88. The molecule has 0 amide bonds. The number of anilines is 1. The van der Waals surface area contributed by atoms with Crippen LogP contribution in [0.4, 0.5) is 5.82 Å². The first-order valence-corrected chi connectivity index (χ1v) is 9.38. The number of aromatic nitrogens is 2. The van der Waals surface area contributed by atoms with Gasteiger partial charge in [-0.15, -0.1) is 11.3 Å². The molecule has 2 aromatic heterocycles. The number of thiophene rings is 1. The van der Waals surface area contributed by atoms with Crippen molar-refractivity contribution in [2.75, 3.05) is 18.5 Å². The van der Waals surface area contributed by atoms with Gasteiger partial charge in [-0.3, -0.25) is 0 Å². The maximum Gasteiger partial charge on any atom is 0.163 e. The van der Waals surface area contributed by atoms with Gasteiger partial charge in [0.2, 0.25) is 0 Å². The molecule has 0 spiro atoms. The Morgan fingerprint density at radius 3 is 2.79 bits per heavy atom. The molecular formula is C18H18ClN3OS. The van der Waals surface area contributed by atoms with Gasteiger partial charge in [-0.25, -0.2) is 9.97 Å². The molecule has 0 atom stereocenters. The summed E-state index contributed by atoms with van der Waals surface area (Å²) in [5.74, 6) is 1.60. The minimum Gasteiger partial charge on any atom is -0.396 e. The van der Waals surface area contributed by atoms with Gasteiger partial charge in [-0.05, 0) is 55.5 Å². The van der Waals surface area contributed by atoms with Crippen molar-refractivity contribution in [1.82, 2.24) is 9.97 Å². The van der Waals surface area contributed by atoms with Crippen molar-refractivity contribution in [3.8, 4) is 11.4 Å². The van der Waals surface area contributed by atoms with Gasteiger partial charge in [0.05, 0.1) is 5.39 Å². The molecule has 0 aliphatic heterocycles. The van der Waals surface area contributed by atoms with Crippen LogP contribution in [0.25, 0.3) is 21.6 Å². The number of benzene rings is 1. The number of aliphatic hydroxyl groups is 1. The Hall–Kier alpha value is -1.69. The van der Waals surface area contributed by atoms with Gasteiger partial charge < -0.3 is 10.4 Å². The van der Waals surface area contributed by atoms with Gasteiger partial charge in [-0.1, -0.05) is 11.6 Å². The quantitative estimate of drug-likeness (QED) is 0.667. The number of halogens is 1. The third-order valence-corrected chi connectivity index (χ3v) is 5.73. The van der Waals surface area contributed by atoms with Crippen molar-refractivity contribution in [1.29, 1.82) is 0 Å². The molecule has 0 radical (unpaired) electrons. The Morgan fingerprint density at radius 2 is 2.00 bits per heavy atom. The van der Waals surface area contributed by atoms with Gasteiger partial charge in [0, 0.05) is 28.6 Å². The standard InChI is InChI=1S/C18H18ClN3OS/c19-12-7-5-11(6-8-12)16-21-17(20-9-2-10-23)15-13-3-1-4-14(13)24-18(15)22-16/h5-8,23H,1-4,9-10H2,(H,20,21,22). The first-order valence-electron chi connectivity index (χ1n) is 8.19. The van der Waals surface area contributed by atoms with Crippen molar-refractivity contribution in [2.24, 2.45) is 0 Å². The van der Waals surface area contributed by atoms with E-state index in [1.807, 2.05) is 24.3 Å². The molecule has 0 saturated carbocycles. The van der Waals surface area contributed by atoms with Crippen LogP contribution in [0.15, 0.2) is 24.3 Å². The van der Waals surface area contributed by atoms with E-state index in [2.05, 4.69) is 5.32 Å². The molecule has 0 bridgehead atoms. The lowest BCUT2D eigenvalue weighted by Crippen LogP contribution is -2.07. The van der Waals surface area contributed by atoms with Gasteiger partial charge in [0.15, 0.2) is 5.82 Å². The van der Waals surface area contributed by atoms with Crippen LogP contribution in [0.3, 0.4) is 0 Å². The first-order chi connectivity index (χ1) is 11.8. The number of aryl methyl sites for hydroxylation is 2. The van der Waals surface area contributed by atoms with Crippen LogP contribution >= 0.6 is 22.9 Å². The second-order valence-corrected chi connectivity index (χ2v) is 7.46. The Morgan fingerprint density at radius 1 is 1.17 bits per heavy atom. The summed E-state index contributed by atoms with van der Waals surface area (Å²) in [6, 6.07) is 7.61. The second-order valence-electron chi connectivity index (χ2n) is 5.94.